The van der Waals surface area contributed by atoms with Gasteiger partial charge in [-0.2, -0.15) is 0 Å². The lowest BCUT2D eigenvalue weighted by atomic mass is 9.94. The molecule has 1 aromatic heterocycles. The SMILES string of the molecule is O=C(c1ccc(Br)o1)N1CCCCC(c2ccc(F)cc2)C1. The van der Waals surface area contributed by atoms with E-state index in [9.17, 15) is 9.18 Å². The molecule has 2 aromatic rings. The molecule has 0 saturated carbocycles. The first-order chi connectivity index (χ1) is 10.6. The normalized spacial score (nSPS) is 19.0. The van der Waals surface area contributed by atoms with Crippen molar-refractivity contribution in [2.24, 2.45) is 0 Å². The molecule has 116 valence electrons. The van der Waals surface area contributed by atoms with Crippen molar-refractivity contribution in [1.29, 1.82) is 0 Å². The molecule has 1 amide bonds. The highest BCUT2D eigenvalue weighted by Gasteiger charge is 2.25. The number of amides is 1. The van der Waals surface area contributed by atoms with Gasteiger partial charge in [0, 0.05) is 19.0 Å². The number of likely N-dealkylation sites (tertiary alicyclic amines) is 1. The van der Waals surface area contributed by atoms with Gasteiger partial charge in [-0.15, -0.1) is 0 Å². The van der Waals surface area contributed by atoms with E-state index in [1.165, 1.54) is 12.1 Å². The van der Waals surface area contributed by atoms with Crippen LogP contribution in [-0.4, -0.2) is 23.9 Å². The molecule has 1 unspecified atom stereocenters. The average molecular weight is 366 g/mol. The Bertz CT molecular complexity index is 653. The molecule has 0 radical (unpaired) electrons. The smallest absolute Gasteiger partial charge is 0.289 e. The standard InChI is InChI=1S/C17H17BrFNO2/c18-16-9-8-15(22-16)17(21)20-10-2-1-3-13(11-20)12-4-6-14(19)7-5-12/h4-9,13H,1-3,10-11H2. The summed E-state index contributed by atoms with van der Waals surface area (Å²) in [6, 6.07) is 10.0. The molecule has 3 rings (SSSR count). The fourth-order valence-electron chi connectivity index (χ4n) is 2.92. The summed E-state index contributed by atoms with van der Waals surface area (Å²) in [5, 5.41) is 0. The van der Waals surface area contributed by atoms with Crippen molar-refractivity contribution in [2.75, 3.05) is 13.1 Å². The second kappa shape index (κ2) is 6.65. The maximum Gasteiger partial charge on any atom is 0.289 e. The van der Waals surface area contributed by atoms with Gasteiger partial charge in [0.25, 0.3) is 5.91 Å². The summed E-state index contributed by atoms with van der Waals surface area (Å²) >= 11 is 3.22. The lowest BCUT2D eigenvalue weighted by molar-refractivity contribution is 0.0721. The third kappa shape index (κ3) is 3.40. The summed E-state index contributed by atoms with van der Waals surface area (Å²) in [5.41, 5.74) is 1.08. The zero-order chi connectivity index (χ0) is 15.5. The summed E-state index contributed by atoms with van der Waals surface area (Å²) in [4.78, 5) is 14.4. The summed E-state index contributed by atoms with van der Waals surface area (Å²) < 4.78 is 19.0. The van der Waals surface area contributed by atoms with Gasteiger partial charge in [0.2, 0.25) is 0 Å². The van der Waals surface area contributed by atoms with E-state index in [-0.39, 0.29) is 17.6 Å². The fraction of sp³-hybridized carbons (Fsp3) is 0.353. The van der Waals surface area contributed by atoms with Crippen molar-refractivity contribution in [3.05, 3.63) is 58.2 Å². The Morgan fingerprint density at radius 1 is 1.18 bits per heavy atom. The van der Waals surface area contributed by atoms with Crippen LogP contribution >= 0.6 is 15.9 Å². The minimum absolute atomic E-state index is 0.0836. The number of halogens is 2. The number of furan rings is 1. The largest absolute Gasteiger partial charge is 0.444 e. The molecule has 1 aromatic carbocycles. The molecule has 1 atom stereocenters. The number of hydrogen-bond acceptors (Lipinski definition) is 2. The van der Waals surface area contributed by atoms with Gasteiger partial charge in [-0.05, 0) is 58.6 Å². The van der Waals surface area contributed by atoms with Crippen LogP contribution in [-0.2, 0) is 0 Å². The van der Waals surface area contributed by atoms with Crippen LogP contribution in [0.1, 0.15) is 41.3 Å². The summed E-state index contributed by atoms with van der Waals surface area (Å²) in [7, 11) is 0. The molecule has 3 nitrogen and oxygen atoms in total. The van der Waals surface area contributed by atoms with Gasteiger partial charge >= 0.3 is 0 Å². The molecule has 0 spiro atoms. The summed E-state index contributed by atoms with van der Waals surface area (Å²) in [5.74, 6) is 0.280. The van der Waals surface area contributed by atoms with Gasteiger partial charge in [-0.1, -0.05) is 18.6 Å². The Morgan fingerprint density at radius 3 is 2.64 bits per heavy atom. The van der Waals surface area contributed by atoms with Crippen LogP contribution in [0.5, 0.6) is 0 Å². The predicted octanol–water partition coefficient (Wildman–Crippen LogP) is 4.59. The lowest BCUT2D eigenvalue weighted by Crippen LogP contribution is -2.33. The zero-order valence-electron chi connectivity index (χ0n) is 12.1. The van der Waals surface area contributed by atoms with Crippen LogP contribution < -0.4 is 0 Å². The average Bonchev–Trinajstić information content (AvgIpc) is 2.81. The van der Waals surface area contributed by atoms with Gasteiger partial charge < -0.3 is 9.32 Å². The Labute approximate surface area is 137 Å². The van der Waals surface area contributed by atoms with Crippen molar-refractivity contribution >= 4 is 21.8 Å². The van der Waals surface area contributed by atoms with Gasteiger partial charge in [0.05, 0.1) is 0 Å². The maximum atomic E-state index is 13.1. The Morgan fingerprint density at radius 2 is 1.95 bits per heavy atom. The van der Waals surface area contributed by atoms with Gasteiger partial charge in [-0.25, -0.2) is 4.39 Å². The van der Waals surface area contributed by atoms with E-state index < -0.39 is 0 Å². The second-order valence-electron chi connectivity index (χ2n) is 5.60. The molecule has 1 fully saturated rings. The second-order valence-corrected chi connectivity index (χ2v) is 6.38. The molecule has 0 aliphatic carbocycles. The minimum Gasteiger partial charge on any atom is -0.444 e. The third-order valence-corrected chi connectivity index (χ3v) is 4.51. The first kappa shape index (κ1) is 15.3. The van der Waals surface area contributed by atoms with E-state index in [1.54, 1.807) is 12.1 Å². The predicted molar refractivity (Wildman–Crippen MR) is 85.3 cm³/mol. The number of hydrogen-bond donors (Lipinski definition) is 0. The maximum absolute atomic E-state index is 13.1. The van der Waals surface area contributed by atoms with E-state index in [4.69, 9.17) is 4.42 Å². The first-order valence-corrected chi connectivity index (χ1v) is 8.23. The fourth-order valence-corrected chi connectivity index (χ4v) is 3.23. The molecular weight excluding hydrogens is 349 g/mol. The molecule has 0 bridgehead atoms. The molecule has 0 N–H and O–H groups in total. The highest BCUT2D eigenvalue weighted by atomic mass is 79.9. The van der Waals surface area contributed by atoms with Crippen molar-refractivity contribution < 1.29 is 13.6 Å². The van der Waals surface area contributed by atoms with Crippen molar-refractivity contribution in [3.63, 3.8) is 0 Å². The lowest BCUT2D eigenvalue weighted by Gasteiger charge is -2.24. The zero-order valence-corrected chi connectivity index (χ0v) is 13.7. The highest BCUT2D eigenvalue weighted by molar-refractivity contribution is 9.10. The molecule has 22 heavy (non-hydrogen) atoms. The number of carbonyl (C=O) groups excluding carboxylic acids is 1. The van der Waals surface area contributed by atoms with Crippen molar-refractivity contribution in [2.45, 2.75) is 25.2 Å². The molecular formula is C17H17BrFNO2. The van der Waals surface area contributed by atoms with Gasteiger partial charge in [-0.3, -0.25) is 4.79 Å². The molecule has 5 heteroatoms. The molecule has 1 aliphatic heterocycles. The van der Waals surface area contributed by atoms with Crippen LogP contribution in [0.2, 0.25) is 0 Å². The number of rotatable bonds is 2. The van der Waals surface area contributed by atoms with Crippen LogP contribution in [0, 0.1) is 5.82 Å². The first-order valence-electron chi connectivity index (χ1n) is 7.43. The molecule has 1 aliphatic rings. The highest BCUT2D eigenvalue weighted by Crippen LogP contribution is 2.28. The van der Waals surface area contributed by atoms with E-state index >= 15 is 0 Å². The summed E-state index contributed by atoms with van der Waals surface area (Å²) in [6.45, 7) is 1.37. The third-order valence-electron chi connectivity index (χ3n) is 4.08. The van der Waals surface area contributed by atoms with E-state index in [0.717, 1.165) is 31.4 Å². The molecule has 1 saturated heterocycles. The Hall–Kier alpha value is -1.62. The van der Waals surface area contributed by atoms with Crippen molar-refractivity contribution in [3.8, 4) is 0 Å². The Balaban J connectivity index is 1.77. The Kier molecular flexibility index (Phi) is 4.62. The van der Waals surface area contributed by atoms with Crippen LogP contribution in [0.25, 0.3) is 0 Å². The van der Waals surface area contributed by atoms with E-state index in [1.807, 2.05) is 17.0 Å². The summed E-state index contributed by atoms with van der Waals surface area (Å²) in [6.07, 6.45) is 3.05. The number of carbonyl (C=O) groups is 1. The van der Waals surface area contributed by atoms with Crippen LogP contribution in [0.4, 0.5) is 4.39 Å². The van der Waals surface area contributed by atoms with Gasteiger partial charge in [0.15, 0.2) is 10.4 Å². The van der Waals surface area contributed by atoms with Crippen LogP contribution in [0.15, 0.2) is 45.5 Å². The van der Waals surface area contributed by atoms with Crippen molar-refractivity contribution in [1.82, 2.24) is 4.90 Å². The number of nitrogens with zero attached hydrogens (tertiary/aromatic N) is 1. The number of benzene rings is 1. The molecule has 2 heterocycles. The minimum atomic E-state index is -0.231. The van der Waals surface area contributed by atoms with E-state index in [0.29, 0.717) is 17.0 Å². The monoisotopic (exact) mass is 365 g/mol. The van der Waals surface area contributed by atoms with Gasteiger partial charge in [0.1, 0.15) is 5.82 Å². The topological polar surface area (TPSA) is 33.5 Å². The van der Waals surface area contributed by atoms with Crippen LogP contribution in [0.3, 0.4) is 0 Å². The van der Waals surface area contributed by atoms with E-state index in [2.05, 4.69) is 15.9 Å². The quantitative estimate of drug-likeness (QED) is 0.779.